The fourth-order valence-electron chi connectivity index (χ4n) is 3.79. The maximum atomic E-state index is 12.8. The third-order valence-electron chi connectivity index (χ3n) is 5.17. The predicted octanol–water partition coefficient (Wildman–Crippen LogP) is 2.83. The second kappa shape index (κ2) is 5.87. The van der Waals surface area contributed by atoms with Crippen molar-refractivity contribution >= 4 is 23.3 Å². The molecule has 1 aliphatic carbocycles. The zero-order valence-electron chi connectivity index (χ0n) is 14.9. The lowest BCUT2D eigenvalue weighted by molar-refractivity contribution is -0.385. The quantitative estimate of drug-likeness (QED) is 0.350. The number of hydrogen-bond donors (Lipinski definition) is 0. The summed E-state index contributed by atoms with van der Waals surface area (Å²) >= 11 is 0. The van der Waals surface area contributed by atoms with E-state index in [-0.39, 0.29) is 16.9 Å². The van der Waals surface area contributed by atoms with Crippen molar-refractivity contribution in [2.75, 3.05) is 6.54 Å². The van der Waals surface area contributed by atoms with Crippen molar-refractivity contribution in [3.63, 3.8) is 0 Å². The second-order valence-electron chi connectivity index (χ2n) is 6.96. The molecule has 1 aromatic heterocycles. The molecule has 2 aliphatic rings. The number of fused-ring (bicyclic) bond motifs is 1. The summed E-state index contributed by atoms with van der Waals surface area (Å²) in [6.07, 6.45) is 2.15. The molecule has 1 fully saturated rings. The third kappa shape index (κ3) is 2.56. The van der Waals surface area contributed by atoms with Gasteiger partial charge >= 0.3 is 0 Å². The first kappa shape index (κ1) is 17.1. The Kier molecular flexibility index (Phi) is 3.73. The predicted molar refractivity (Wildman–Crippen MR) is 95.0 cm³/mol. The Morgan fingerprint density at radius 3 is 2.56 bits per heavy atom. The molecule has 0 saturated heterocycles. The van der Waals surface area contributed by atoms with E-state index in [1.807, 2.05) is 13.8 Å². The van der Waals surface area contributed by atoms with Gasteiger partial charge in [0.25, 0.3) is 17.5 Å². The van der Waals surface area contributed by atoms with E-state index in [0.29, 0.717) is 11.6 Å². The summed E-state index contributed by atoms with van der Waals surface area (Å²) in [7, 11) is 0. The van der Waals surface area contributed by atoms with Crippen LogP contribution in [0.5, 0.6) is 0 Å². The molecule has 1 aromatic carbocycles. The Hall–Kier alpha value is -3.29. The van der Waals surface area contributed by atoms with Crippen LogP contribution in [0, 0.1) is 24.0 Å². The maximum Gasteiger partial charge on any atom is 0.282 e. The summed E-state index contributed by atoms with van der Waals surface area (Å²) in [6, 6.07) is 6.09. The number of benzene rings is 1. The highest BCUT2D eigenvalue weighted by Gasteiger charge is 2.42. The molecule has 1 aliphatic heterocycles. The fourth-order valence-corrected chi connectivity index (χ4v) is 3.79. The van der Waals surface area contributed by atoms with Gasteiger partial charge in [-0.3, -0.25) is 29.4 Å². The molecular formula is C19H17N3O5. The van der Waals surface area contributed by atoms with Gasteiger partial charge < -0.3 is 4.57 Å². The smallest absolute Gasteiger partial charge is 0.282 e. The van der Waals surface area contributed by atoms with E-state index in [0.717, 1.165) is 29.1 Å². The largest absolute Gasteiger partial charge is 0.345 e. The molecule has 2 aromatic rings. The lowest BCUT2D eigenvalue weighted by Crippen LogP contribution is -2.35. The number of rotatable bonds is 5. The van der Waals surface area contributed by atoms with Crippen LogP contribution in [-0.4, -0.2) is 38.5 Å². The first-order chi connectivity index (χ1) is 12.8. The molecule has 27 heavy (non-hydrogen) atoms. The van der Waals surface area contributed by atoms with E-state index >= 15 is 0 Å². The second-order valence-corrected chi connectivity index (χ2v) is 6.96. The van der Waals surface area contributed by atoms with Crippen LogP contribution >= 0.6 is 0 Å². The number of aryl methyl sites for hydroxylation is 1. The zero-order chi connectivity index (χ0) is 19.5. The molecule has 0 spiro atoms. The van der Waals surface area contributed by atoms with Crippen LogP contribution in [0.15, 0.2) is 24.3 Å². The van der Waals surface area contributed by atoms with Crippen LogP contribution in [0.4, 0.5) is 5.69 Å². The fraction of sp³-hybridized carbons (Fsp3) is 0.316. The van der Waals surface area contributed by atoms with Gasteiger partial charge in [-0.15, -0.1) is 0 Å². The average Bonchev–Trinajstić information content (AvgIpc) is 3.37. The minimum atomic E-state index is -0.799. The lowest BCUT2D eigenvalue weighted by Gasteiger charge is -2.13. The Labute approximate surface area is 154 Å². The summed E-state index contributed by atoms with van der Waals surface area (Å²) in [4.78, 5) is 49.2. The first-order valence-electron chi connectivity index (χ1n) is 8.66. The Morgan fingerprint density at radius 2 is 1.93 bits per heavy atom. The summed E-state index contributed by atoms with van der Waals surface area (Å²) in [5, 5.41) is 11.2. The molecule has 138 valence electrons. The molecular weight excluding hydrogens is 350 g/mol. The van der Waals surface area contributed by atoms with Gasteiger partial charge in [-0.2, -0.15) is 0 Å². The number of carbonyl (C=O) groups excluding carboxylic acids is 3. The Bertz CT molecular complexity index is 1030. The summed E-state index contributed by atoms with van der Waals surface area (Å²) < 4.78 is 2.11. The zero-order valence-corrected chi connectivity index (χ0v) is 14.9. The molecule has 0 radical (unpaired) electrons. The molecule has 8 nitrogen and oxygen atoms in total. The van der Waals surface area contributed by atoms with E-state index in [2.05, 4.69) is 4.57 Å². The van der Waals surface area contributed by atoms with Crippen LogP contribution in [-0.2, 0) is 0 Å². The number of nitro groups is 1. The van der Waals surface area contributed by atoms with Gasteiger partial charge in [0.15, 0.2) is 5.78 Å². The van der Waals surface area contributed by atoms with Gasteiger partial charge in [0, 0.05) is 29.1 Å². The molecule has 4 rings (SSSR count). The van der Waals surface area contributed by atoms with E-state index in [1.54, 1.807) is 6.07 Å². The van der Waals surface area contributed by atoms with Crippen LogP contribution in [0.1, 0.15) is 61.3 Å². The minimum absolute atomic E-state index is 0.0366. The van der Waals surface area contributed by atoms with Crippen molar-refractivity contribution in [1.29, 1.82) is 0 Å². The van der Waals surface area contributed by atoms with Crippen LogP contribution in [0.2, 0.25) is 0 Å². The molecule has 0 atom stereocenters. The van der Waals surface area contributed by atoms with Crippen molar-refractivity contribution in [2.45, 2.75) is 32.7 Å². The van der Waals surface area contributed by atoms with Gasteiger partial charge in [-0.1, -0.05) is 6.07 Å². The Morgan fingerprint density at radius 1 is 1.22 bits per heavy atom. The number of imide groups is 1. The maximum absolute atomic E-state index is 12.8. The molecule has 1 saturated carbocycles. The van der Waals surface area contributed by atoms with Crippen molar-refractivity contribution in [3.8, 4) is 0 Å². The number of nitro benzene ring substituents is 1. The van der Waals surface area contributed by atoms with E-state index in [4.69, 9.17) is 0 Å². The number of carbonyl (C=O) groups is 3. The number of aromatic nitrogens is 1. The summed E-state index contributed by atoms with van der Waals surface area (Å²) in [6.45, 7) is 3.34. The average molecular weight is 367 g/mol. The third-order valence-corrected chi connectivity index (χ3v) is 5.17. The van der Waals surface area contributed by atoms with Crippen LogP contribution < -0.4 is 0 Å². The lowest BCUT2D eigenvalue weighted by atomic mass is 10.1. The first-order valence-corrected chi connectivity index (χ1v) is 8.66. The topological polar surface area (TPSA) is 103 Å². The van der Waals surface area contributed by atoms with E-state index < -0.39 is 29.0 Å². The van der Waals surface area contributed by atoms with Gasteiger partial charge in [-0.25, -0.2) is 0 Å². The molecule has 2 heterocycles. The van der Waals surface area contributed by atoms with Crippen molar-refractivity contribution < 1.29 is 19.3 Å². The van der Waals surface area contributed by atoms with Gasteiger partial charge in [0.05, 0.1) is 17.0 Å². The molecule has 2 amide bonds. The van der Waals surface area contributed by atoms with E-state index in [9.17, 15) is 24.5 Å². The normalized spacial score (nSPS) is 16.0. The number of amides is 2. The highest BCUT2D eigenvalue weighted by molar-refractivity contribution is 6.24. The van der Waals surface area contributed by atoms with Crippen LogP contribution in [0.3, 0.4) is 0 Å². The van der Waals surface area contributed by atoms with Gasteiger partial charge in [0.2, 0.25) is 0 Å². The number of nitrogens with zero attached hydrogens (tertiary/aromatic N) is 3. The SMILES string of the molecule is Cc1cc(C(=O)CN2C(=O)c3cccc([N+](=O)[O-])c3C2=O)c(C)n1C1CC1. The summed E-state index contributed by atoms with van der Waals surface area (Å²) in [5.41, 5.74) is 1.56. The highest BCUT2D eigenvalue weighted by atomic mass is 16.6. The Balaban J connectivity index is 1.64. The standard InChI is InChI=1S/C19H17N3O5/c1-10-8-14(11(2)21(10)12-6-7-12)16(23)9-20-18(24)13-4-3-5-15(22(26)27)17(13)19(20)25/h3-5,8,12H,6-7,9H2,1-2H3. The van der Waals surface area contributed by atoms with Gasteiger partial charge in [-0.05, 0) is 38.8 Å². The molecule has 8 heteroatoms. The van der Waals surface area contributed by atoms with Crippen molar-refractivity contribution in [3.05, 3.63) is 62.5 Å². The van der Waals surface area contributed by atoms with Gasteiger partial charge in [0.1, 0.15) is 5.56 Å². The van der Waals surface area contributed by atoms with E-state index in [1.165, 1.54) is 18.2 Å². The van der Waals surface area contributed by atoms with Crippen molar-refractivity contribution in [1.82, 2.24) is 9.47 Å². The monoisotopic (exact) mass is 367 g/mol. The summed E-state index contributed by atoms with van der Waals surface area (Å²) in [5.74, 6) is -1.83. The number of ketones is 1. The molecule has 0 unspecified atom stereocenters. The van der Waals surface area contributed by atoms with Crippen LogP contribution in [0.25, 0.3) is 0 Å². The number of Topliss-reactive ketones (excluding diaryl/α,β-unsaturated/α-hetero) is 1. The minimum Gasteiger partial charge on any atom is -0.345 e. The molecule has 0 N–H and O–H groups in total. The van der Waals surface area contributed by atoms with Crippen molar-refractivity contribution in [2.24, 2.45) is 0 Å². The number of hydrogen-bond acceptors (Lipinski definition) is 5. The molecule has 0 bridgehead atoms. The highest BCUT2D eigenvalue weighted by Crippen LogP contribution is 2.38.